The minimum Gasteiger partial charge on any atom is -0.491 e. The zero-order valence-corrected chi connectivity index (χ0v) is 9.70. The van der Waals surface area contributed by atoms with Gasteiger partial charge in [-0.3, -0.25) is 0 Å². The van der Waals surface area contributed by atoms with Gasteiger partial charge in [-0.25, -0.2) is 4.79 Å². The number of imidazole rings is 1. The van der Waals surface area contributed by atoms with Gasteiger partial charge >= 0.3 is 5.97 Å². The zero-order chi connectivity index (χ0) is 13.1. The van der Waals surface area contributed by atoms with Crippen LogP contribution in [0.3, 0.4) is 0 Å². The first kappa shape index (κ1) is 12.0. The smallest absolute Gasteiger partial charge is 0.364 e. The maximum Gasteiger partial charge on any atom is 0.364 e. The van der Waals surface area contributed by atoms with Crippen LogP contribution in [0.25, 0.3) is 11.4 Å². The van der Waals surface area contributed by atoms with Crippen LogP contribution in [0, 0.1) is 0 Å². The van der Waals surface area contributed by atoms with Crippen molar-refractivity contribution in [1.29, 1.82) is 0 Å². The van der Waals surface area contributed by atoms with E-state index in [1.54, 1.807) is 37.3 Å². The summed E-state index contributed by atoms with van der Waals surface area (Å²) in [7, 11) is 0. The molecule has 0 aliphatic heterocycles. The third-order valence-corrected chi connectivity index (χ3v) is 2.34. The van der Waals surface area contributed by atoms with E-state index in [1.807, 2.05) is 0 Å². The lowest BCUT2D eigenvalue weighted by atomic mass is 10.2. The minimum absolute atomic E-state index is 0.0798. The molecule has 0 saturated carbocycles. The molecule has 0 spiro atoms. The number of hydrogen-bond acceptors (Lipinski definition) is 5. The zero-order valence-electron chi connectivity index (χ0n) is 9.70. The molecule has 0 unspecified atom stereocenters. The SMILES string of the molecule is CCOC(=O)c1c(O)nc(-c2ccccc2)n1O. The molecule has 0 fully saturated rings. The van der Waals surface area contributed by atoms with Crippen molar-refractivity contribution >= 4 is 5.97 Å². The third kappa shape index (κ3) is 2.00. The number of hydrogen-bond donors (Lipinski definition) is 2. The Hall–Kier alpha value is -2.50. The Bertz CT molecular complexity index is 563. The van der Waals surface area contributed by atoms with Gasteiger partial charge in [-0.2, -0.15) is 9.71 Å². The van der Waals surface area contributed by atoms with E-state index in [-0.39, 0.29) is 18.1 Å². The first-order valence-corrected chi connectivity index (χ1v) is 5.38. The van der Waals surface area contributed by atoms with Gasteiger partial charge < -0.3 is 15.1 Å². The lowest BCUT2D eigenvalue weighted by Crippen LogP contribution is -2.11. The van der Waals surface area contributed by atoms with Gasteiger partial charge in [0.15, 0.2) is 5.82 Å². The van der Waals surface area contributed by atoms with Gasteiger partial charge in [0.05, 0.1) is 6.61 Å². The highest BCUT2D eigenvalue weighted by atomic mass is 16.5. The molecule has 2 N–H and O–H groups in total. The van der Waals surface area contributed by atoms with Crippen LogP contribution in [-0.2, 0) is 4.74 Å². The quantitative estimate of drug-likeness (QED) is 0.637. The molecule has 2 aromatic rings. The summed E-state index contributed by atoms with van der Waals surface area (Å²) >= 11 is 0. The fourth-order valence-corrected chi connectivity index (χ4v) is 1.55. The van der Waals surface area contributed by atoms with E-state index in [1.165, 1.54) is 0 Å². The van der Waals surface area contributed by atoms with Gasteiger partial charge in [-0.15, -0.1) is 0 Å². The van der Waals surface area contributed by atoms with E-state index in [9.17, 15) is 15.1 Å². The summed E-state index contributed by atoms with van der Waals surface area (Å²) in [6.45, 7) is 1.77. The first-order chi connectivity index (χ1) is 8.65. The Morgan fingerprint density at radius 1 is 1.39 bits per heavy atom. The second-order valence-electron chi connectivity index (χ2n) is 3.51. The highest BCUT2D eigenvalue weighted by Gasteiger charge is 2.24. The molecule has 94 valence electrons. The van der Waals surface area contributed by atoms with Crippen molar-refractivity contribution in [2.24, 2.45) is 0 Å². The highest BCUT2D eigenvalue weighted by Crippen LogP contribution is 2.25. The number of carbonyl (C=O) groups excluding carboxylic acids is 1. The van der Waals surface area contributed by atoms with E-state index in [0.717, 1.165) is 0 Å². The largest absolute Gasteiger partial charge is 0.491 e. The summed E-state index contributed by atoms with van der Waals surface area (Å²) < 4.78 is 5.25. The summed E-state index contributed by atoms with van der Waals surface area (Å²) in [6.07, 6.45) is 0. The average Bonchev–Trinajstić information content (AvgIpc) is 2.66. The second-order valence-corrected chi connectivity index (χ2v) is 3.51. The molecule has 18 heavy (non-hydrogen) atoms. The third-order valence-electron chi connectivity index (χ3n) is 2.34. The molecule has 6 heteroatoms. The number of esters is 1. The van der Waals surface area contributed by atoms with E-state index in [0.29, 0.717) is 10.3 Å². The average molecular weight is 248 g/mol. The van der Waals surface area contributed by atoms with Crippen LogP contribution in [-0.4, -0.2) is 32.6 Å². The predicted octanol–water partition coefficient (Wildman–Crippen LogP) is 1.67. The van der Waals surface area contributed by atoms with Crippen LogP contribution in [0.5, 0.6) is 5.88 Å². The Morgan fingerprint density at radius 2 is 2.06 bits per heavy atom. The molecule has 0 aliphatic carbocycles. The summed E-state index contributed by atoms with van der Waals surface area (Å²) in [5.41, 5.74) is 0.196. The Balaban J connectivity index is 2.47. The van der Waals surface area contributed by atoms with Crippen molar-refractivity contribution < 1.29 is 19.8 Å². The topological polar surface area (TPSA) is 84.6 Å². The summed E-state index contributed by atoms with van der Waals surface area (Å²) in [5.74, 6) is -1.31. The van der Waals surface area contributed by atoms with Crippen LogP contribution in [0.15, 0.2) is 30.3 Å². The van der Waals surface area contributed by atoms with Gasteiger partial charge in [0.1, 0.15) is 0 Å². The van der Waals surface area contributed by atoms with Crippen LogP contribution < -0.4 is 0 Å². The molecule has 0 bridgehead atoms. The van der Waals surface area contributed by atoms with Gasteiger partial charge in [0.25, 0.3) is 0 Å². The lowest BCUT2D eigenvalue weighted by molar-refractivity contribution is 0.0472. The summed E-state index contributed by atoms with van der Waals surface area (Å²) in [5, 5.41) is 19.4. The fraction of sp³-hybridized carbons (Fsp3) is 0.167. The van der Waals surface area contributed by atoms with Crippen LogP contribution >= 0.6 is 0 Å². The maximum absolute atomic E-state index is 11.5. The van der Waals surface area contributed by atoms with Gasteiger partial charge in [0.2, 0.25) is 11.6 Å². The molecule has 1 aromatic carbocycles. The predicted molar refractivity (Wildman–Crippen MR) is 62.5 cm³/mol. The molecule has 2 rings (SSSR count). The number of aromatic nitrogens is 2. The molecule has 0 aliphatic rings. The Labute approximate surface area is 103 Å². The number of rotatable bonds is 3. The van der Waals surface area contributed by atoms with E-state index in [4.69, 9.17) is 4.74 Å². The normalized spacial score (nSPS) is 10.3. The number of aromatic hydroxyl groups is 1. The van der Waals surface area contributed by atoms with Crippen LogP contribution in [0.2, 0.25) is 0 Å². The van der Waals surface area contributed by atoms with E-state index < -0.39 is 11.8 Å². The maximum atomic E-state index is 11.5. The van der Waals surface area contributed by atoms with Crippen molar-refractivity contribution in [2.45, 2.75) is 6.92 Å². The monoisotopic (exact) mass is 248 g/mol. The van der Waals surface area contributed by atoms with Crippen molar-refractivity contribution in [3.05, 3.63) is 36.0 Å². The van der Waals surface area contributed by atoms with E-state index in [2.05, 4.69) is 4.98 Å². The van der Waals surface area contributed by atoms with Gasteiger partial charge in [0, 0.05) is 5.56 Å². The summed E-state index contributed by atoms with van der Waals surface area (Å²) in [6, 6.07) is 8.71. The molecular weight excluding hydrogens is 236 g/mol. The Morgan fingerprint density at radius 3 is 2.67 bits per heavy atom. The first-order valence-electron chi connectivity index (χ1n) is 5.38. The number of carbonyl (C=O) groups is 1. The molecular formula is C12H12N2O4. The van der Waals surface area contributed by atoms with Crippen LogP contribution in [0.1, 0.15) is 17.4 Å². The molecule has 0 radical (unpaired) electrons. The molecule has 0 amide bonds. The van der Waals surface area contributed by atoms with Crippen LogP contribution in [0.4, 0.5) is 0 Å². The second kappa shape index (κ2) is 4.79. The fourth-order valence-electron chi connectivity index (χ4n) is 1.55. The van der Waals surface area contributed by atoms with Crippen molar-refractivity contribution in [3.63, 3.8) is 0 Å². The summed E-state index contributed by atoms with van der Waals surface area (Å²) in [4.78, 5) is 15.3. The molecule has 0 atom stereocenters. The highest BCUT2D eigenvalue weighted by molar-refractivity contribution is 5.91. The van der Waals surface area contributed by atoms with Gasteiger partial charge in [-0.1, -0.05) is 30.3 Å². The molecule has 6 nitrogen and oxygen atoms in total. The molecule has 1 heterocycles. The van der Waals surface area contributed by atoms with Crippen molar-refractivity contribution in [2.75, 3.05) is 6.61 Å². The molecule has 1 aromatic heterocycles. The molecule has 0 saturated heterocycles. The minimum atomic E-state index is -0.827. The standard InChI is InChI=1S/C12H12N2O4/c1-2-18-12(16)9-11(15)13-10(14(9)17)8-6-4-3-5-7-8/h3-7,15,17H,2H2,1H3. The lowest BCUT2D eigenvalue weighted by Gasteiger charge is -2.03. The number of nitrogens with zero attached hydrogens (tertiary/aromatic N) is 2. The van der Waals surface area contributed by atoms with Crippen molar-refractivity contribution in [1.82, 2.24) is 9.71 Å². The Kier molecular flexibility index (Phi) is 3.18. The van der Waals surface area contributed by atoms with Gasteiger partial charge in [-0.05, 0) is 6.92 Å². The number of ether oxygens (including phenoxy) is 1. The van der Waals surface area contributed by atoms with E-state index >= 15 is 0 Å². The number of benzene rings is 1. The van der Waals surface area contributed by atoms with Crippen molar-refractivity contribution in [3.8, 4) is 17.3 Å².